The molecule has 0 fully saturated rings. The molecule has 0 unspecified atom stereocenters. The van der Waals surface area contributed by atoms with Crippen LogP contribution in [0, 0.1) is 26.6 Å². The fourth-order valence-corrected chi connectivity index (χ4v) is 3.75. The number of amides is 1. The van der Waals surface area contributed by atoms with Gasteiger partial charge in [-0.25, -0.2) is 4.39 Å². The number of fused-ring (bicyclic) bond motifs is 1. The highest BCUT2D eigenvalue weighted by molar-refractivity contribution is 6.31. The molecule has 0 spiro atoms. The number of hydrogen-bond donors (Lipinski definition) is 1. The summed E-state index contributed by atoms with van der Waals surface area (Å²) in [6.07, 6.45) is 0. The number of aromatic nitrogens is 3. The van der Waals surface area contributed by atoms with Crippen molar-refractivity contribution < 1.29 is 9.18 Å². The van der Waals surface area contributed by atoms with E-state index in [4.69, 9.17) is 11.6 Å². The molecule has 0 aliphatic carbocycles. The molecule has 0 atom stereocenters. The number of nitrogens with zero attached hydrogens (tertiary/aromatic N) is 3. The summed E-state index contributed by atoms with van der Waals surface area (Å²) >= 11 is 6.16. The Morgan fingerprint density at radius 1 is 1.13 bits per heavy atom. The first-order chi connectivity index (χ1) is 14.3. The normalized spacial score (nSPS) is 11.1. The summed E-state index contributed by atoms with van der Waals surface area (Å²) in [5.74, 6) is -0.604. The molecule has 0 aliphatic heterocycles. The maximum absolute atomic E-state index is 13.3. The van der Waals surface area contributed by atoms with Gasteiger partial charge in [0.1, 0.15) is 5.82 Å². The van der Waals surface area contributed by atoms with Gasteiger partial charge in [-0.1, -0.05) is 35.9 Å². The number of pyridine rings is 1. The van der Waals surface area contributed by atoms with Crippen LogP contribution in [-0.4, -0.2) is 20.7 Å². The lowest BCUT2D eigenvalue weighted by atomic mass is 10.1. The zero-order valence-electron chi connectivity index (χ0n) is 16.8. The van der Waals surface area contributed by atoms with Gasteiger partial charge >= 0.3 is 0 Å². The Balaban J connectivity index is 1.65. The molecule has 0 saturated heterocycles. The molecule has 1 amide bonds. The standard InChI is InChI=1S/C23H20ClFN4O/c1-13-10-19(18-6-4-5-7-21(18)26-13)23(30)27-22-14(2)28-29(15(22)3)12-16-8-9-17(25)11-20(16)24/h4-11H,12H2,1-3H3,(H,27,30). The van der Waals surface area contributed by atoms with Crippen LogP contribution in [0.3, 0.4) is 0 Å². The van der Waals surface area contributed by atoms with Crippen molar-refractivity contribution in [3.05, 3.63) is 87.6 Å². The fraction of sp³-hybridized carbons (Fsp3) is 0.174. The number of aryl methyl sites for hydroxylation is 2. The first kappa shape index (κ1) is 20.0. The lowest BCUT2D eigenvalue weighted by Gasteiger charge is -2.10. The molecule has 1 N–H and O–H groups in total. The average Bonchev–Trinajstić information content (AvgIpc) is 2.96. The van der Waals surface area contributed by atoms with E-state index >= 15 is 0 Å². The van der Waals surface area contributed by atoms with E-state index in [2.05, 4.69) is 15.4 Å². The molecule has 0 radical (unpaired) electrons. The Morgan fingerprint density at radius 2 is 1.90 bits per heavy atom. The minimum absolute atomic E-state index is 0.220. The third kappa shape index (κ3) is 3.78. The van der Waals surface area contributed by atoms with Gasteiger partial charge in [0, 0.05) is 16.1 Å². The number of hydrogen-bond acceptors (Lipinski definition) is 3. The van der Waals surface area contributed by atoms with E-state index in [-0.39, 0.29) is 11.7 Å². The van der Waals surface area contributed by atoms with Gasteiger partial charge in [0.2, 0.25) is 0 Å². The quantitative estimate of drug-likeness (QED) is 0.475. The highest BCUT2D eigenvalue weighted by atomic mass is 35.5. The van der Waals surface area contributed by atoms with Gasteiger partial charge in [-0.2, -0.15) is 5.10 Å². The highest BCUT2D eigenvalue weighted by Gasteiger charge is 2.18. The van der Waals surface area contributed by atoms with Gasteiger partial charge in [-0.05, 0) is 50.6 Å². The van der Waals surface area contributed by atoms with Crippen LogP contribution in [0.5, 0.6) is 0 Å². The molecule has 2 aromatic heterocycles. The minimum atomic E-state index is -0.384. The number of carbonyl (C=O) groups is 1. The molecule has 0 aliphatic rings. The maximum Gasteiger partial charge on any atom is 0.256 e. The van der Waals surface area contributed by atoms with Crippen LogP contribution in [0.4, 0.5) is 10.1 Å². The van der Waals surface area contributed by atoms with Crippen molar-refractivity contribution in [3.8, 4) is 0 Å². The molecule has 0 bridgehead atoms. The molecule has 2 aromatic carbocycles. The summed E-state index contributed by atoms with van der Waals surface area (Å²) in [6, 6.07) is 13.6. The van der Waals surface area contributed by atoms with E-state index in [0.717, 1.165) is 27.9 Å². The van der Waals surface area contributed by atoms with Crippen molar-refractivity contribution in [2.45, 2.75) is 27.3 Å². The van der Waals surface area contributed by atoms with Gasteiger partial charge in [0.15, 0.2) is 0 Å². The number of para-hydroxylation sites is 1. The van der Waals surface area contributed by atoms with Crippen LogP contribution in [0.25, 0.3) is 10.9 Å². The van der Waals surface area contributed by atoms with E-state index in [1.165, 1.54) is 12.1 Å². The Kier molecular flexibility index (Phi) is 5.26. The second-order valence-electron chi connectivity index (χ2n) is 7.22. The van der Waals surface area contributed by atoms with Crippen LogP contribution in [0.1, 0.15) is 33.0 Å². The zero-order chi connectivity index (χ0) is 21.4. The highest BCUT2D eigenvalue weighted by Crippen LogP contribution is 2.25. The summed E-state index contributed by atoms with van der Waals surface area (Å²) in [5.41, 5.74) is 4.98. The van der Waals surface area contributed by atoms with E-state index in [9.17, 15) is 9.18 Å². The van der Waals surface area contributed by atoms with Crippen molar-refractivity contribution in [1.82, 2.24) is 14.8 Å². The molecule has 7 heteroatoms. The van der Waals surface area contributed by atoms with Gasteiger partial charge in [-0.15, -0.1) is 0 Å². The van der Waals surface area contributed by atoms with Crippen LogP contribution >= 0.6 is 11.6 Å². The van der Waals surface area contributed by atoms with Crippen molar-refractivity contribution >= 4 is 34.1 Å². The van der Waals surface area contributed by atoms with Gasteiger partial charge in [-0.3, -0.25) is 14.5 Å². The molecule has 30 heavy (non-hydrogen) atoms. The van der Waals surface area contributed by atoms with E-state index in [0.29, 0.717) is 28.5 Å². The zero-order valence-corrected chi connectivity index (χ0v) is 17.6. The molecular weight excluding hydrogens is 403 g/mol. The summed E-state index contributed by atoms with van der Waals surface area (Å²) in [7, 11) is 0. The van der Waals surface area contributed by atoms with Crippen LogP contribution in [0.2, 0.25) is 5.02 Å². The van der Waals surface area contributed by atoms with Crippen molar-refractivity contribution in [3.63, 3.8) is 0 Å². The molecule has 4 rings (SSSR count). The summed E-state index contributed by atoms with van der Waals surface area (Å²) < 4.78 is 15.1. The van der Waals surface area contributed by atoms with Crippen LogP contribution in [-0.2, 0) is 6.54 Å². The molecule has 0 saturated carbocycles. The number of benzene rings is 2. The number of rotatable bonds is 4. The first-order valence-corrected chi connectivity index (χ1v) is 9.87. The molecule has 4 aromatic rings. The van der Waals surface area contributed by atoms with Crippen LogP contribution < -0.4 is 5.32 Å². The topological polar surface area (TPSA) is 59.8 Å². The van der Waals surface area contributed by atoms with Gasteiger partial charge < -0.3 is 5.32 Å². The number of carbonyl (C=O) groups excluding carboxylic acids is 1. The molecule has 5 nitrogen and oxygen atoms in total. The molecule has 2 heterocycles. The Bertz CT molecular complexity index is 1280. The number of halogens is 2. The Morgan fingerprint density at radius 3 is 2.67 bits per heavy atom. The maximum atomic E-state index is 13.3. The molecule has 152 valence electrons. The first-order valence-electron chi connectivity index (χ1n) is 9.49. The second kappa shape index (κ2) is 7.88. The average molecular weight is 423 g/mol. The van der Waals surface area contributed by atoms with Crippen LogP contribution in [0.15, 0.2) is 48.5 Å². The fourth-order valence-electron chi connectivity index (χ4n) is 3.52. The Hall–Kier alpha value is -3.25. The minimum Gasteiger partial charge on any atom is -0.319 e. The number of anilines is 1. The largest absolute Gasteiger partial charge is 0.319 e. The second-order valence-corrected chi connectivity index (χ2v) is 7.63. The van der Waals surface area contributed by atoms with Crippen molar-refractivity contribution in [2.75, 3.05) is 5.32 Å². The number of nitrogens with one attached hydrogen (secondary N) is 1. The summed E-state index contributed by atoms with van der Waals surface area (Å²) in [4.78, 5) is 17.6. The van der Waals surface area contributed by atoms with E-state index in [1.54, 1.807) is 16.8 Å². The van der Waals surface area contributed by atoms with Crippen molar-refractivity contribution in [2.24, 2.45) is 0 Å². The predicted molar refractivity (Wildman–Crippen MR) is 117 cm³/mol. The monoisotopic (exact) mass is 422 g/mol. The third-order valence-corrected chi connectivity index (χ3v) is 5.40. The summed E-state index contributed by atoms with van der Waals surface area (Å²) in [5, 5.41) is 8.67. The van der Waals surface area contributed by atoms with E-state index in [1.807, 2.05) is 45.0 Å². The predicted octanol–water partition coefficient (Wildman–Crippen LogP) is 5.45. The summed E-state index contributed by atoms with van der Waals surface area (Å²) in [6.45, 7) is 5.95. The third-order valence-electron chi connectivity index (χ3n) is 5.04. The lowest BCUT2D eigenvalue weighted by Crippen LogP contribution is -2.14. The SMILES string of the molecule is Cc1cc(C(=O)Nc2c(C)nn(Cc3ccc(F)cc3Cl)c2C)c2ccccc2n1. The van der Waals surface area contributed by atoms with Crippen molar-refractivity contribution in [1.29, 1.82) is 0 Å². The van der Waals surface area contributed by atoms with Gasteiger partial charge in [0.05, 0.1) is 34.7 Å². The van der Waals surface area contributed by atoms with Gasteiger partial charge in [0.25, 0.3) is 5.91 Å². The lowest BCUT2D eigenvalue weighted by molar-refractivity contribution is 0.102. The smallest absolute Gasteiger partial charge is 0.256 e. The molecular formula is C23H20ClFN4O. The Labute approximate surface area is 178 Å². The van der Waals surface area contributed by atoms with E-state index < -0.39 is 0 Å².